The normalized spacial score (nSPS) is 13.5. The Kier molecular flexibility index (Phi) is 4.10. The molecule has 0 amide bonds. The molecule has 0 aliphatic rings. The summed E-state index contributed by atoms with van der Waals surface area (Å²) in [5.74, 6) is 0. The summed E-state index contributed by atoms with van der Waals surface area (Å²) in [6, 6.07) is 2.01. The van der Waals surface area contributed by atoms with Crippen molar-refractivity contribution in [2.45, 2.75) is 26.0 Å². The van der Waals surface area contributed by atoms with E-state index in [1.165, 1.54) is 0 Å². The fourth-order valence-corrected chi connectivity index (χ4v) is 1.31. The van der Waals surface area contributed by atoms with Crippen LogP contribution in [0, 0.1) is 0 Å². The molecule has 1 heterocycles. The molecule has 0 aromatic carbocycles. The van der Waals surface area contributed by atoms with E-state index >= 15 is 0 Å². The van der Waals surface area contributed by atoms with Gasteiger partial charge in [-0.05, 0) is 26.5 Å². The zero-order valence-corrected chi connectivity index (χ0v) is 9.14. The van der Waals surface area contributed by atoms with E-state index in [0.29, 0.717) is 0 Å². The van der Waals surface area contributed by atoms with Crippen LogP contribution in [0.5, 0.6) is 0 Å². The van der Waals surface area contributed by atoms with Crippen LogP contribution in [0.4, 0.5) is 0 Å². The molecular weight excluding hydrogens is 178 g/mol. The molecule has 4 heteroatoms. The summed E-state index contributed by atoms with van der Waals surface area (Å²) < 4.78 is 1.80. The second-order valence-electron chi connectivity index (χ2n) is 3.86. The van der Waals surface area contributed by atoms with Gasteiger partial charge >= 0.3 is 0 Å². The average molecular weight is 197 g/mol. The van der Waals surface area contributed by atoms with Crippen molar-refractivity contribution in [1.29, 1.82) is 0 Å². The first-order chi connectivity index (χ1) is 6.58. The molecule has 1 N–H and O–H groups in total. The van der Waals surface area contributed by atoms with Gasteiger partial charge in [0.2, 0.25) is 0 Å². The molecule has 0 saturated carbocycles. The average Bonchev–Trinajstić information content (AvgIpc) is 2.48. The van der Waals surface area contributed by atoms with E-state index < -0.39 is 0 Å². The van der Waals surface area contributed by atoms with Crippen LogP contribution in [0.15, 0.2) is 12.3 Å². The minimum absolute atomic E-state index is 0.221. The molecule has 0 aliphatic heterocycles. The monoisotopic (exact) mass is 197 g/mol. The molecule has 14 heavy (non-hydrogen) atoms. The molecule has 0 spiro atoms. The summed E-state index contributed by atoms with van der Waals surface area (Å²) in [7, 11) is 3.95. The van der Waals surface area contributed by atoms with Gasteiger partial charge in [0.1, 0.15) is 0 Å². The SMILES string of the molecule is CC(O)CCN(C)Cc1ccn(C)n1. The molecule has 4 nitrogen and oxygen atoms in total. The maximum absolute atomic E-state index is 9.13. The highest BCUT2D eigenvalue weighted by Crippen LogP contribution is 2.01. The molecule has 0 radical (unpaired) electrons. The third-order valence-corrected chi connectivity index (χ3v) is 2.13. The van der Waals surface area contributed by atoms with Gasteiger partial charge in [-0.2, -0.15) is 5.10 Å². The van der Waals surface area contributed by atoms with Crippen LogP contribution < -0.4 is 0 Å². The van der Waals surface area contributed by atoms with Gasteiger partial charge in [0.15, 0.2) is 0 Å². The molecule has 1 aromatic heterocycles. The molecule has 0 saturated heterocycles. The van der Waals surface area contributed by atoms with Crippen LogP contribution in [0.25, 0.3) is 0 Å². The first-order valence-corrected chi connectivity index (χ1v) is 4.93. The van der Waals surface area contributed by atoms with E-state index in [9.17, 15) is 0 Å². The van der Waals surface area contributed by atoms with Gasteiger partial charge in [0.25, 0.3) is 0 Å². The number of hydrogen-bond donors (Lipinski definition) is 1. The summed E-state index contributed by atoms with van der Waals surface area (Å²) in [6.07, 6.45) is 2.53. The predicted molar refractivity (Wildman–Crippen MR) is 55.8 cm³/mol. The molecule has 1 unspecified atom stereocenters. The minimum atomic E-state index is -0.221. The highest BCUT2D eigenvalue weighted by Gasteiger charge is 2.04. The van der Waals surface area contributed by atoms with Crippen molar-refractivity contribution in [2.24, 2.45) is 7.05 Å². The number of aliphatic hydroxyl groups excluding tert-OH is 1. The second-order valence-corrected chi connectivity index (χ2v) is 3.86. The van der Waals surface area contributed by atoms with E-state index in [1.54, 1.807) is 4.68 Å². The van der Waals surface area contributed by atoms with E-state index in [1.807, 2.05) is 33.3 Å². The van der Waals surface area contributed by atoms with E-state index in [0.717, 1.165) is 25.2 Å². The van der Waals surface area contributed by atoms with Gasteiger partial charge in [-0.3, -0.25) is 4.68 Å². The van der Waals surface area contributed by atoms with Gasteiger partial charge < -0.3 is 10.0 Å². The number of aryl methyl sites for hydroxylation is 1. The second kappa shape index (κ2) is 5.12. The Bertz CT molecular complexity index is 270. The molecule has 1 rings (SSSR count). The van der Waals surface area contributed by atoms with Crippen molar-refractivity contribution in [1.82, 2.24) is 14.7 Å². The van der Waals surface area contributed by atoms with Crippen molar-refractivity contribution in [3.8, 4) is 0 Å². The van der Waals surface area contributed by atoms with E-state index in [4.69, 9.17) is 5.11 Å². The Morgan fingerprint density at radius 2 is 2.36 bits per heavy atom. The number of nitrogens with zero attached hydrogens (tertiary/aromatic N) is 3. The van der Waals surface area contributed by atoms with Crippen molar-refractivity contribution in [2.75, 3.05) is 13.6 Å². The minimum Gasteiger partial charge on any atom is -0.393 e. The van der Waals surface area contributed by atoms with Crippen LogP contribution in [-0.2, 0) is 13.6 Å². The van der Waals surface area contributed by atoms with E-state index in [2.05, 4.69) is 10.00 Å². The first kappa shape index (κ1) is 11.2. The van der Waals surface area contributed by atoms with E-state index in [-0.39, 0.29) is 6.10 Å². The third-order valence-electron chi connectivity index (χ3n) is 2.13. The van der Waals surface area contributed by atoms with Crippen LogP contribution in [0.2, 0.25) is 0 Å². The van der Waals surface area contributed by atoms with Gasteiger partial charge in [-0.1, -0.05) is 0 Å². The van der Waals surface area contributed by atoms with Gasteiger partial charge in [0.05, 0.1) is 11.8 Å². The number of rotatable bonds is 5. The topological polar surface area (TPSA) is 41.3 Å². The number of hydrogen-bond acceptors (Lipinski definition) is 3. The van der Waals surface area contributed by atoms with Crippen molar-refractivity contribution in [3.05, 3.63) is 18.0 Å². The fourth-order valence-electron chi connectivity index (χ4n) is 1.31. The highest BCUT2D eigenvalue weighted by atomic mass is 16.3. The van der Waals surface area contributed by atoms with Crippen LogP contribution in [0.3, 0.4) is 0 Å². The molecule has 0 aliphatic carbocycles. The Morgan fingerprint density at radius 3 is 2.86 bits per heavy atom. The van der Waals surface area contributed by atoms with Crippen LogP contribution in [-0.4, -0.2) is 39.5 Å². The lowest BCUT2D eigenvalue weighted by Gasteiger charge is -2.15. The Labute approximate surface area is 85.1 Å². The Hall–Kier alpha value is -0.870. The van der Waals surface area contributed by atoms with Crippen molar-refractivity contribution < 1.29 is 5.11 Å². The summed E-state index contributed by atoms with van der Waals surface area (Å²) in [5.41, 5.74) is 1.07. The molecule has 1 atom stereocenters. The lowest BCUT2D eigenvalue weighted by molar-refractivity contribution is 0.162. The summed E-state index contributed by atoms with van der Waals surface area (Å²) >= 11 is 0. The van der Waals surface area contributed by atoms with Gasteiger partial charge in [-0.15, -0.1) is 0 Å². The quantitative estimate of drug-likeness (QED) is 0.752. The lowest BCUT2D eigenvalue weighted by Crippen LogP contribution is -2.22. The highest BCUT2D eigenvalue weighted by molar-refractivity contribution is 4.97. The standard InChI is InChI=1S/C10H19N3O/c1-9(14)4-6-12(2)8-10-5-7-13(3)11-10/h5,7,9,14H,4,6,8H2,1-3H3. The Balaban J connectivity index is 2.30. The zero-order chi connectivity index (χ0) is 10.6. The zero-order valence-electron chi connectivity index (χ0n) is 9.14. The Morgan fingerprint density at radius 1 is 1.64 bits per heavy atom. The largest absolute Gasteiger partial charge is 0.393 e. The van der Waals surface area contributed by atoms with Gasteiger partial charge in [-0.25, -0.2) is 0 Å². The van der Waals surface area contributed by atoms with Crippen molar-refractivity contribution >= 4 is 0 Å². The molecule has 80 valence electrons. The smallest absolute Gasteiger partial charge is 0.0764 e. The molecule has 1 aromatic rings. The predicted octanol–water partition coefficient (Wildman–Crippen LogP) is 0.623. The maximum atomic E-state index is 9.13. The fraction of sp³-hybridized carbons (Fsp3) is 0.700. The van der Waals surface area contributed by atoms with Gasteiger partial charge in [0, 0.05) is 26.3 Å². The molecule has 0 bridgehead atoms. The maximum Gasteiger partial charge on any atom is 0.0764 e. The van der Waals surface area contributed by atoms with Crippen LogP contribution >= 0.6 is 0 Å². The number of aliphatic hydroxyl groups is 1. The molecular formula is C10H19N3O. The lowest BCUT2D eigenvalue weighted by atomic mass is 10.2. The van der Waals surface area contributed by atoms with Crippen LogP contribution in [0.1, 0.15) is 19.0 Å². The summed E-state index contributed by atoms with van der Waals surface area (Å²) in [5, 5.41) is 13.4. The summed E-state index contributed by atoms with van der Waals surface area (Å²) in [4.78, 5) is 2.16. The molecule has 0 fully saturated rings. The first-order valence-electron chi connectivity index (χ1n) is 4.93. The number of aromatic nitrogens is 2. The summed E-state index contributed by atoms with van der Waals surface area (Å²) in [6.45, 7) is 3.55. The third kappa shape index (κ3) is 3.89. The van der Waals surface area contributed by atoms with Crippen molar-refractivity contribution in [3.63, 3.8) is 0 Å².